The van der Waals surface area contributed by atoms with Crippen LogP contribution in [0.3, 0.4) is 0 Å². The Balaban J connectivity index is 1.84. The number of anilines is 2. The highest BCUT2D eigenvalue weighted by molar-refractivity contribution is 6.03. The van der Waals surface area contributed by atoms with Crippen molar-refractivity contribution in [3.63, 3.8) is 0 Å². The van der Waals surface area contributed by atoms with Crippen molar-refractivity contribution < 1.29 is 14.0 Å². The van der Waals surface area contributed by atoms with E-state index in [4.69, 9.17) is 4.42 Å². The van der Waals surface area contributed by atoms with Gasteiger partial charge in [0.15, 0.2) is 5.76 Å². The highest BCUT2D eigenvalue weighted by Crippen LogP contribution is 2.28. The number of furan rings is 1. The SMILES string of the molecule is Cc1ccc(NC(=O)c2ccco2)cc1N1CCCC1=O. The predicted octanol–water partition coefficient (Wildman–Crippen LogP) is 2.97. The predicted molar refractivity (Wildman–Crippen MR) is 79.4 cm³/mol. The number of nitrogens with zero attached hydrogens (tertiary/aromatic N) is 1. The van der Waals surface area contributed by atoms with Crippen LogP contribution in [0.25, 0.3) is 0 Å². The molecule has 0 bridgehead atoms. The highest BCUT2D eigenvalue weighted by atomic mass is 16.3. The van der Waals surface area contributed by atoms with Gasteiger partial charge in [-0.1, -0.05) is 6.07 Å². The van der Waals surface area contributed by atoms with Gasteiger partial charge in [0.2, 0.25) is 5.91 Å². The summed E-state index contributed by atoms with van der Waals surface area (Å²) in [6.45, 7) is 2.69. The fourth-order valence-corrected chi connectivity index (χ4v) is 2.48. The van der Waals surface area contributed by atoms with Gasteiger partial charge in [-0.3, -0.25) is 9.59 Å². The van der Waals surface area contributed by atoms with Crippen LogP contribution in [0, 0.1) is 6.92 Å². The maximum absolute atomic E-state index is 12.0. The van der Waals surface area contributed by atoms with E-state index in [2.05, 4.69) is 5.32 Å². The van der Waals surface area contributed by atoms with Crippen LogP contribution in [0.5, 0.6) is 0 Å². The Labute approximate surface area is 122 Å². The molecular weight excluding hydrogens is 268 g/mol. The Bertz CT molecular complexity index is 677. The largest absolute Gasteiger partial charge is 0.459 e. The lowest BCUT2D eigenvalue weighted by atomic mass is 10.1. The summed E-state index contributed by atoms with van der Waals surface area (Å²) in [6.07, 6.45) is 2.92. The molecule has 2 amide bonds. The van der Waals surface area contributed by atoms with Crippen LogP contribution in [-0.2, 0) is 4.79 Å². The molecule has 1 N–H and O–H groups in total. The molecule has 1 aromatic carbocycles. The standard InChI is InChI=1S/C16H16N2O3/c1-11-6-7-12(17-16(20)14-4-3-9-21-14)10-13(11)18-8-2-5-15(18)19/h3-4,6-7,9-10H,2,5,8H2,1H3,(H,17,20). The van der Waals surface area contributed by atoms with Gasteiger partial charge in [0.05, 0.1) is 6.26 Å². The van der Waals surface area contributed by atoms with Gasteiger partial charge in [-0.2, -0.15) is 0 Å². The van der Waals surface area contributed by atoms with Crippen molar-refractivity contribution in [3.8, 4) is 0 Å². The normalized spacial score (nSPS) is 14.5. The molecule has 2 heterocycles. The summed E-state index contributed by atoms with van der Waals surface area (Å²) in [5.74, 6) is 0.0875. The molecule has 1 aliphatic rings. The minimum atomic E-state index is -0.303. The lowest BCUT2D eigenvalue weighted by Crippen LogP contribution is -2.24. The number of benzene rings is 1. The molecule has 5 nitrogen and oxygen atoms in total. The van der Waals surface area contributed by atoms with Crippen LogP contribution in [0.15, 0.2) is 41.0 Å². The van der Waals surface area contributed by atoms with Crippen molar-refractivity contribution in [2.24, 2.45) is 0 Å². The second-order valence-electron chi connectivity index (χ2n) is 5.08. The molecule has 21 heavy (non-hydrogen) atoms. The van der Waals surface area contributed by atoms with E-state index in [1.54, 1.807) is 17.0 Å². The van der Waals surface area contributed by atoms with Crippen molar-refractivity contribution in [1.29, 1.82) is 0 Å². The second-order valence-corrected chi connectivity index (χ2v) is 5.08. The molecule has 108 valence electrons. The molecule has 0 unspecified atom stereocenters. The summed E-state index contributed by atoms with van der Waals surface area (Å²) in [4.78, 5) is 25.6. The molecule has 3 rings (SSSR count). The van der Waals surface area contributed by atoms with Crippen molar-refractivity contribution in [2.75, 3.05) is 16.8 Å². The molecule has 1 aromatic heterocycles. The molecule has 0 atom stereocenters. The van der Waals surface area contributed by atoms with Crippen LogP contribution in [0.1, 0.15) is 29.0 Å². The number of aryl methyl sites for hydroxylation is 1. The van der Waals surface area contributed by atoms with Gasteiger partial charge in [0, 0.05) is 24.3 Å². The van der Waals surface area contributed by atoms with Crippen LogP contribution in [-0.4, -0.2) is 18.4 Å². The van der Waals surface area contributed by atoms with E-state index in [-0.39, 0.29) is 17.6 Å². The molecule has 1 saturated heterocycles. The number of nitrogens with one attached hydrogen (secondary N) is 1. The Morgan fingerprint density at radius 1 is 1.33 bits per heavy atom. The first-order valence-corrected chi connectivity index (χ1v) is 6.91. The zero-order valence-corrected chi connectivity index (χ0v) is 11.8. The average Bonchev–Trinajstić information content (AvgIpc) is 3.12. The second kappa shape index (κ2) is 5.44. The van der Waals surface area contributed by atoms with Gasteiger partial charge in [-0.25, -0.2) is 0 Å². The van der Waals surface area contributed by atoms with Gasteiger partial charge in [0.1, 0.15) is 0 Å². The number of hydrogen-bond donors (Lipinski definition) is 1. The van der Waals surface area contributed by atoms with E-state index in [1.165, 1.54) is 6.26 Å². The van der Waals surface area contributed by atoms with Crippen molar-refractivity contribution in [3.05, 3.63) is 47.9 Å². The number of hydrogen-bond acceptors (Lipinski definition) is 3. The quantitative estimate of drug-likeness (QED) is 0.942. The third kappa shape index (κ3) is 2.67. The molecule has 2 aromatic rings. The van der Waals surface area contributed by atoms with Crippen LogP contribution >= 0.6 is 0 Å². The molecule has 1 fully saturated rings. The third-order valence-electron chi connectivity index (χ3n) is 3.58. The zero-order chi connectivity index (χ0) is 14.8. The number of carbonyl (C=O) groups excluding carboxylic acids is 2. The van der Waals surface area contributed by atoms with Gasteiger partial charge < -0.3 is 14.6 Å². The highest BCUT2D eigenvalue weighted by Gasteiger charge is 2.23. The van der Waals surface area contributed by atoms with Gasteiger partial charge in [-0.15, -0.1) is 0 Å². The summed E-state index contributed by atoms with van der Waals surface area (Å²) in [5.41, 5.74) is 2.52. The first-order chi connectivity index (χ1) is 10.1. The Kier molecular flexibility index (Phi) is 3.48. The first-order valence-electron chi connectivity index (χ1n) is 6.91. The van der Waals surface area contributed by atoms with Gasteiger partial charge >= 0.3 is 0 Å². The van der Waals surface area contributed by atoms with Crippen LogP contribution in [0.2, 0.25) is 0 Å². The molecule has 0 aliphatic carbocycles. The van der Waals surface area contributed by atoms with Gasteiger partial charge in [-0.05, 0) is 43.2 Å². The minimum Gasteiger partial charge on any atom is -0.459 e. The van der Waals surface area contributed by atoms with Crippen molar-refractivity contribution in [1.82, 2.24) is 0 Å². The lowest BCUT2D eigenvalue weighted by molar-refractivity contribution is -0.117. The molecule has 0 saturated carbocycles. The summed E-state index contributed by atoms with van der Waals surface area (Å²) in [7, 11) is 0. The molecule has 0 radical (unpaired) electrons. The van der Waals surface area contributed by atoms with Crippen molar-refractivity contribution in [2.45, 2.75) is 19.8 Å². The van der Waals surface area contributed by atoms with Gasteiger partial charge in [0.25, 0.3) is 5.91 Å². The van der Waals surface area contributed by atoms with E-state index in [0.29, 0.717) is 12.1 Å². The van der Waals surface area contributed by atoms with Crippen LogP contribution in [0.4, 0.5) is 11.4 Å². The Hall–Kier alpha value is -2.56. The molecular formula is C16H16N2O3. The zero-order valence-electron chi connectivity index (χ0n) is 11.8. The molecule has 0 spiro atoms. The lowest BCUT2D eigenvalue weighted by Gasteiger charge is -2.19. The number of rotatable bonds is 3. The fourth-order valence-electron chi connectivity index (χ4n) is 2.48. The Morgan fingerprint density at radius 3 is 2.86 bits per heavy atom. The summed E-state index contributed by atoms with van der Waals surface area (Å²) in [6, 6.07) is 8.82. The van der Waals surface area contributed by atoms with E-state index in [1.807, 2.05) is 25.1 Å². The third-order valence-corrected chi connectivity index (χ3v) is 3.58. The number of carbonyl (C=O) groups is 2. The van der Waals surface area contributed by atoms with Crippen molar-refractivity contribution >= 4 is 23.2 Å². The maximum atomic E-state index is 12.0. The molecule has 5 heteroatoms. The van der Waals surface area contributed by atoms with E-state index in [0.717, 1.165) is 24.2 Å². The number of amides is 2. The first kappa shape index (κ1) is 13.4. The van der Waals surface area contributed by atoms with Crippen LogP contribution < -0.4 is 10.2 Å². The van der Waals surface area contributed by atoms with E-state index in [9.17, 15) is 9.59 Å². The smallest absolute Gasteiger partial charge is 0.291 e. The topological polar surface area (TPSA) is 62.6 Å². The summed E-state index contributed by atoms with van der Waals surface area (Å²) < 4.78 is 5.06. The fraction of sp³-hybridized carbons (Fsp3) is 0.250. The minimum absolute atomic E-state index is 0.132. The monoisotopic (exact) mass is 284 g/mol. The average molecular weight is 284 g/mol. The maximum Gasteiger partial charge on any atom is 0.291 e. The summed E-state index contributed by atoms with van der Waals surface area (Å²) >= 11 is 0. The summed E-state index contributed by atoms with van der Waals surface area (Å²) in [5, 5.41) is 2.78. The Morgan fingerprint density at radius 2 is 2.19 bits per heavy atom. The molecule has 1 aliphatic heterocycles. The van der Waals surface area contributed by atoms with E-state index >= 15 is 0 Å². The van der Waals surface area contributed by atoms with E-state index < -0.39 is 0 Å².